The molecule has 3 N–H and O–H groups in total. The third-order valence-electron chi connectivity index (χ3n) is 2.20. The van der Waals surface area contributed by atoms with Crippen LogP contribution in [0.5, 0.6) is 0 Å². The number of nitro groups is 1. The van der Waals surface area contributed by atoms with Crippen molar-refractivity contribution in [2.45, 2.75) is 9.50 Å². The molecular formula is C8H4N6O4S2. The minimum Gasteiger partial charge on any atom is -0.300 e. The minimum absolute atomic E-state index is 0.0458. The molecule has 0 fully saturated rings. The van der Waals surface area contributed by atoms with Gasteiger partial charge in [-0.1, -0.05) is 0 Å². The molecule has 0 aliphatic heterocycles. The zero-order valence-corrected chi connectivity index (χ0v) is 11.0. The number of hydrogen-bond donors (Lipinski definition) is 3. The van der Waals surface area contributed by atoms with Crippen LogP contribution in [0.1, 0.15) is 0 Å². The van der Waals surface area contributed by atoms with Gasteiger partial charge in [-0.2, -0.15) is 0 Å². The van der Waals surface area contributed by atoms with Gasteiger partial charge in [0, 0.05) is 0 Å². The molecule has 0 unspecified atom stereocenters. The Morgan fingerprint density at radius 3 is 2.80 bits per heavy atom. The second-order valence-corrected chi connectivity index (χ2v) is 5.74. The molecule has 12 heteroatoms. The Bertz CT molecular complexity index is 921. The van der Waals surface area contributed by atoms with Crippen molar-refractivity contribution in [1.29, 1.82) is 0 Å². The summed E-state index contributed by atoms with van der Waals surface area (Å²) in [5, 5.41) is 10.6. The number of nitrogens with one attached hydrogen (secondary N) is 3. The van der Waals surface area contributed by atoms with Crippen molar-refractivity contribution in [2.24, 2.45) is 0 Å². The second kappa shape index (κ2) is 4.57. The number of imidazole rings is 1. The lowest BCUT2D eigenvalue weighted by Crippen LogP contribution is -2.09. The standard InChI is InChI=1S/C8H4N6O4S2/c15-5-3-4(11-6(16)10-3)12-7(13-5)20-8-9-1-2(19-8)14(17)18/h1H,(H3,10,11,12,13,15,16). The van der Waals surface area contributed by atoms with Gasteiger partial charge in [0.25, 0.3) is 5.56 Å². The SMILES string of the molecule is O=c1[nH]c2nc(Sc3ncc([N+](=O)[O-])s3)[nH]c(=O)c2[nH]1. The summed E-state index contributed by atoms with van der Waals surface area (Å²) in [6.45, 7) is 0. The van der Waals surface area contributed by atoms with E-state index in [1.165, 1.54) is 0 Å². The molecule has 0 saturated carbocycles. The zero-order chi connectivity index (χ0) is 14.3. The summed E-state index contributed by atoms with van der Waals surface area (Å²) in [7, 11) is 0. The fraction of sp³-hybridized carbons (Fsp3) is 0. The summed E-state index contributed by atoms with van der Waals surface area (Å²) in [5.41, 5.74) is -0.885. The Kier molecular flexibility index (Phi) is 2.87. The Morgan fingerprint density at radius 2 is 2.10 bits per heavy atom. The Labute approximate surface area is 116 Å². The first-order valence-electron chi connectivity index (χ1n) is 5.03. The predicted molar refractivity (Wildman–Crippen MR) is 70.2 cm³/mol. The molecule has 0 aliphatic rings. The molecule has 0 saturated heterocycles. The van der Waals surface area contributed by atoms with Crippen molar-refractivity contribution in [3.05, 3.63) is 37.1 Å². The third-order valence-corrected chi connectivity index (χ3v) is 4.11. The summed E-state index contributed by atoms with van der Waals surface area (Å²) in [6, 6.07) is 0. The van der Waals surface area contributed by atoms with Gasteiger partial charge in [0.2, 0.25) is 0 Å². The summed E-state index contributed by atoms with van der Waals surface area (Å²) >= 11 is 1.83. The number of H-pyrrole nitrogens is 3. The number of aromatic amines is 3. The average Bonchev–Trinajstić information content (AvgIpc) is 2.95. The number of aromatic nitrogens is 5. The van der Waals surface area contributed by atoms with Crippen LogP contribution in [0.4, 0.5) is 5.00 Å². The fourth-order valence-corrected chi connectivity index (χ4v) is 3.10. The van der Waals surface area contributed by atoms with Gasteiger partial charge in [0.15, 0.2) is 20.7 Å². The minimum atomic E-state index is -0.551. The van der Waals surface area contributed by atoms with Gasteiger partial charge in [0.1, 0.15) is 6.20 Å². The quantitative estimate of drug-likeness (QED) is 0.361. The molecule has 0 amide bonds. The van der Waals surface area contributed by atoms with E-state index in [1.807, 2.05) is 0 Å². The van der Waals surface area contributed by atoms with Crippen LogP contribution < -0.4 is 11.2 Å². The van der Waals surface area contributed by atoms with Gasteiger partial charge < -0.3 is 0 Å². The van der Waals surface area contributed by atoms with Crippen molar-refractivity contribution in [3.8, 4) is 0 Å². The van der Waals surface area contributed by atoms with E-state index in [-0.39, 0.29) is 21.3 Å². The first kappa shape index (κ1) is 12.6. The summed E-state index contributed by atoms with van der Waals surface area (Å²) in [4.78, 5) is 47.8. The molecule has 0 atom stereocenters. The maximum Gasteiger partial charge on any atom is 0.344 e. The lowest BCUT2D eigenvalue weighted by molar-refractivity contribution is -0.380. The second-order valence-electron chi connectivity index (χ2n) is 3.50. The Balaban J connectivity index is 1.99. The Morgan fingerprint density at radius 1 is 1.30 bits per heavy atom. The van der Waals surface area contributed by atoms with E-state index in [0.29, 0.717) is 4.34 Å². The van der Waals surface area contributed by atoms with Crippen LogP contribution in [0.3, 0.4) is 0 Å². The van der Waals surface area contributed by atoms with E-state index in [4.69, 9.17) is 0 Å². The molecule has 0 spiro atoms. The first-order valence-corrected chi connectivity index (χ1v) is 6.66. The van der Waals surface area contributed by atoms with E-state index in [2.05, 4.69) is 24.9 Å². The maximum absolute atomic E-state index is 11.7. The molecule has 0 bridgehead atoms. The molecule has 0 radical (unpaired) electrons. The monoisotopic (exact) mass is 312 g/mol. The molecule has 0 aromatic carbocycles. The van der Waals surface area contributed by atoms with Crippen molar-refractivity contribution >= 4 is 39.3 Å². The van der Waals surface area contributed by atoms with Crippen LogP contribution in [0.2, 0.25) is 0 Å². The number of thiazole rings is 1. The molecule has 3 aromatic heterocycles. The van der Waals surface area contributed by atoms with Gasteiger partial charge in [0.05, 0.1) is 4.92 Å². The van der Waals surface area contributed by atoms with Crippen LogP contribution in [0.25, 0.3) is 11.2 Å². The van der Waals surface area contributed by atoms with Crippen LogP contribution in [0, 0.1) is 10.1 Å². The smallest absolute Gasteiger partial charge is 0.300 e. The molecular weight excluding hydrogens is 308 g/mol. The van der Waals surface area contributed by atoms with Crippen molar-refractivity contribution in [1.82, 2.24) is 24.9 Å². The zero-order valence-electron chi connectivity index (χ0n) is 9.37. The first-order chi connectivity index (χ1) is 9.52. The van der Waals surface area contributed by atoms with Crippen LogP contribution >= 0.6 is 23.1 Å². The van der Waals surface area contributed by atoms with Gasteiger partial charge >= 0.3 is 10.7 Å². The van der Waals surface area contributed by atoms with Crippen molar-refractivity contribution in [2.75, 3.05) is 0 Å². The molecule has 3 aromatic rings. The van der Waals surface area contributed by atoms with E-state index in [1.54, 1.807) is 0 Å². The Hall–Kier alpha value is -2.47. The molecule has 0 aliphatic carbocycles. The summed E-state index contributed by atoms with van der Waals surface area (Å²) < 4.78 is 0.358. The highest BCUT2D eigenvalue weighted by atomic mass is 32.2. The maximum atomic E-state index is 11.7. The van der Waals surface area contributed by atoms with Gasteiger partial charge in [-0.25, -0.2) is 14.8 Å². The number of nitrogens with zero attached hydrogens (tertiary/aromatic N) is 3. The largest absolute Gasteiger partial charge is 0.344 e. The highest BCUT2D eigenvalue weighted by Gasteiger charge is 2.14. The molecule has 10 nitrogen and oxygen atoms in total. The summed E-state index contributed by atoms with van der Waals surface area (Å²) in [6.07, 6.45) is 1.13. The molecule has 102 valence electrons. The van der Waals surface area contributed by atoms with Gasteiger partial charge in [-0.3, -0.25) is 29.9 Å². The van der Waals surface area contributed by atoms with Gasteiger partial charge in [-0.15, -0.1) is 0 Å². The molecule has 3 rings (SSSR count). The van der Waals surface area contributed by atoms with E-state index in [0.717, 1.165) is 29.3 Å². The number of fused-ring (bicyclic) bond motifs is 1. The lowest BCUT2D eigenvalue weighted by atomic mass is 10.6. The van der Waals surface area contributed by atoms with Gasteiger partial charge in [-0.05, 0) is 23.1 Å². The van der Waals surface area contributed by atoms with E-state index >= 15 is 0 Å². The highest BCUT2D eigenvalue weighted by Crippen LogP contribution is 2.32. The van der Waals surface area contributed by atoms with Crippen LogP contribution in [-0.4, -0.2) is 29.8 Å². The third kappa shape index (κ3) is 2.21. The predicted octanol–water partition coefficient (Wildman–Crippen LogP) is 0.455. The topological polar surface area (TPSA) is 150 Å². The molecule has 20 heavy (non-hydrogen) atoms. The van der Waals surface area contributed by atoms with Crippen LogP contribution in [0.15, 0.2) is 25.3 Å². The lowest BCUT2D eigenvalue weighted by Gasteiger charge is -1.95. The van der Waals surface area contributed by atoms with E-state index < -0.39 is 16.2 Å². The number of hydrogen-bond acceptors (Lipinski definition) is 8. The van der Waals surface area contributed by atoms with Crippen molar-refractivity contribution < 1.29 is 4.92 Å². The summed E-state index contributed by atoms with van der Waals surface area (Å²) in [5.74, 6) is 0. The average molecular weight is 312 g/mol. The number of rotatable bonds is 3. The fourth-order valence-electron chi connectivity index (χ4n) is 1.42. The van der Waals surface area contributed by atoms with E-state index in [9.17, 15) is 19.7 Å². The van der Waals surface area contributed by atoms with Crippen molar-refractivity contribution in [3.63, 3.8) is 0 Å². The van der Waals surface area contributed by atoms with Crippen LogP contribution in [-0.2, 0) is 0 Å². The highest BCUT2D eigenvalue weighted by molar-refractivity contribution is 8.00. The normalized spacial score (nSPS) is 11.0. The molecule has 3 heterocycles.